The van der Waals surface area contributed by atoms with Gasteiger partial charge in [0.05, 0.1) is 12.6 Å². The van der Waals surface area contributed by atoms with Gasteiger partial charge >= 0.3 is 0 Å². The predicted molar refractivity (Wildman–Crippen MR) is 151 cm³/mol. The van der Waals surface area contributed by atoms with Crippen molar-refractivity contribution in [3.05, 3.63) is 33.4 Å². The fourth-order valence-corrected chi connectivity index (χ4v) is 6.05. The summed E-state index contributed by atoms with van der Waals surface area (Å²) in [5.41, 5.74) is 0.312. The van der Waals surface area contributed by atoms with Crippen molar-refractivity contribution in [3.8, 4) is 0 Å². The Morgan fingerprint density at radius 2 is 1.68 bits per heavy atom. The summed E-state index contributed by atoms with van der Waals surface area (Å²) < 4.78 is 11.3. The van der Waals surface area contributed by atoms with Crippen LogP contribution < -0.4 is 16.0 Å². The number of ether oxygens (including phenoxy) is 1. The number of hydrogen-bond acceptors (Lipinski definition) is 9. The van der Waals surface area contributed by atoms with Gasteiger partial charge in [-0.25, -0.2) is 9.97 Å². The molecule has 0 saturated carbocycles. The van der Waals surface area contributed by atoms with Crippen LogP contribution in [0.25, 0.3) is 0 Å². The Bertz CT molecular complexity index is 1270. The number of hydrogen-bond donors (Lipinski definition) is 3. The minimum atomic E-state index is -0.600. The molecule has 0 aliphatic carbocycles. The molecule has 2 aliphatic heterocycles. The van der Waals surface area contributed by atoms with Crippen LogP contribution in [-0.2, 0) is 14.3 Å². The third kappa shape index (κ3) is 7.31. The van der Waals surface area contributed by atoms with E-state index < -0.39 is 29.9 Å². The fourth-order valence-electron chi connectivity index (χ4n) is 5.03. The first-order chi connectivity index (χ1) is 19.4. The number of nitrogens with one attached hydrogen (secondary N) is 3. The lowest BCUT2D eigenvalue weighted by Crippen LogP contribution is -2.50. The second-order valence-corrected chi connectivity index (χ2v) is 12.4. The van der Waals surface area contributed by atoms with Gasteiger partial charge in [-0.3, -0.25) is 19.2 Å². The first-order valence-corrected chi connectivity index (χ1v) is 15.0. The third-order valence-electron chi connectivity index (χ3n) is 7.34. The quantitative estimate of drug-likeness (QED) is 0.494. The molecule has 3 atom stereocenters. The van der Waals surface area contributed by atoms with E-state index in [1.165, 1.54) is 16.2 Å². The molecule has 2 aliphatic rings. The largest absolute Gasteiger partial charge is 0.443 e. The number of thiazole rings is 1. The van der Waals surface area contributed by atoms with E-state index in [0.717, 1.165) is 0 Å². The summed E-state index contributed by atoms with van der Waals surface area (Å²) in [6.07, 6.45) is 1.16. The first kappa shape index (κ1) is 30.6. The van der Waals surface area contributed by atoms with E-state index in [9.17, 15) is 19.2 Å². The maximum Gasteiger partial charge on any atom is 0.273 e. The smallest absolute Gasteiger partial charge is 0.273 e. The average molecular weight is 589 g/mol. The summed E-state index contributed by atoms with van der Waals surface area (Å²) in [7, 11) is 0. The van der Waals surface area contributed by atoms with Gasteiger partial charge in [0.1, 0.15) is 22.5 Å². The number of carbonyl (C=O) groups is 4. The molecule has 0 radical (unpaired) electrons. The molecule has 12 nitrogen and oxygen atoms in total. The monoisotopic (exact) mass is 588 g/mol. The number of nitrogens with zero attached hydrogens (tertiary/aromatic N) is 3. The highest BCUT2D eigenvalue weighted by Crippen LogP contribution is 2.28. The molecule has 13 heteroatoms. The molecule has 1 saturated heterocycles. The molecule has 1 fully saturated rings. The van der Waals surface area contributed by atoms with Crippen molar-refractivity contribution >= 4 is 35.0 Å². The van der Waals surface area contributed by atoms with E-state index >= 15 is 0 Å². The zero-order valence-corrected chi connectivity index (χ0v) is 25.3. The van der Waals surface area contributed by atoms with Crippen LogP contribution in [0.5, 0.6) is 0 Å². The van der Waals surface area contributed by atoms with Crippen molar-refractivity contribution in [3.63, 3.8) is 0 Å². The van der Waals surface area contributed by atoms with Gasteiger partial charge in [0.25, 0.3) is 11.8 Å². The van der Waals surface area contributed by atoms with E-state index in [-0.39, 0.29) is 59.9 Å². The Balaban J connectivity index is 1.70. The van der Waals surface area contributed by atoms with Crippen LogP contribution in [-0.4, -0.2) is 70.8 Å². The van der Waals surface area contributed by atoms with Crippen LogP contribution in [0.1, 0.15) is 97.2 Å². The summed E-state index contributed by atoms with van der Waals surface area (Å²) in [5, 5.41) is 11.1. The Morgan fingerprint density at radius 3 is 2.34 bits per heavy atom. The highest BCUT2D eigenvalue weighted by molar-refractivity contribution is 7.09. The topological polar surface area (TPSA) is 156 Å². The molecule has 4 heterocycles. The van der Waals surface area contributed by atoms with Gasteiger partial charge in [0.15, 0.2) is 5.69 Å². The predicted octanol–water partition coefficient (Wildman–Crippen LogP) is 2.77. The lowest BCUT2D eigenvalue weighted by molar-refractivity contribution is -0.142. The molecule has 4 bridgehead atoms. The highest BCUT2D eigenvalue weighted by Gasteiger charge is 2.32. The number of rotatable bonds is 3. The van der Waals surface area contributed by atoms with Crippen molar-refractivity contribution in [1.82, 2.24) is 30.8 Å². The van der Waals surface area contributed by atoms with Gasteiger partial charge in [-0.05, 0) is 38.5 Å². The number of fused-ring (bicyclic) bond motifs is 4. The molecule has 2 aromatic rings. The van der Waals surface area contributed by atoms with Gasteiger partial charge in [0.2, 0.25) is 17.7 Å². The Morgan fingerprint density at radius 1 is 1.00 bits per heavy atom. The van der Waals surface area contributed by atoms with Crippen LogP contribution in [0.15, 0.2) is 9.80 Å². The van der Waals surface area contributed by atoms with Crippen LogP contribution >= 0.6 is 11.3 Å². The number of amides is 4. The van der Waals surface area contributed by atoms with Crippen LogP contribution in [0.2, 0.25) is 0 Å². The molecule has 0 aromatic carbocycles. The molecule has 4 amide bonds. The normalized spacial score (nSPS) is 23.6. The van der Waals surface area contributed by atoms with Gasteiger partial charge in [-0.2, -0.15) is 0 Å². The first-order valence-electron chi connectivity index (χ1n) is 14.1. The molecular weight excluding hydrogens is 548 g/mol. The van der Waals surface area contributed by atoms with Gasteiger partial charge in [-0.1, -0.05) is 27.7 Å². The van der Waals surface area contributed by atoms with Crippen molar-refractivity contribution in [2.75, 3.05) is 26.3 Å². The van der Waals surface area contributed by atoms with E-state index in [4.69, 9.17) is 9.15 Å². The minimum absolute atomic E-state index is 0.0263. The molecule has 0 unspecified atom stereocenters. The van der Waals surface area contributed by atoms with E-state index in [0.29, 0.717) is 36.8 Å². The lowest BCUT2D eigenvalue weighted by Gasteiger charge is -2.31. The van der Waals surface area contributed by atoms with E-state index in [2.05, 4.69) is 25.9 Å². The van der Waals surface area contributed by atoms with Crippen LogP contribution in [0, 0.1) is 24.7 Å². The Kier molecular flexibility index (Phi) is 9.80. The molecule has 0 spiro atoms. The maximum absolute atomic E-state index is 13.6. The van der Waals surface area contributed by atoms with Crippen molar-refractivity contribution in [2.45, 2.75) is 72.5 Å². The zero-order valence-electron chi connectivity index (χ0n) is 24.5. The SMILES string of the molecule is Cc1oc2nc1C(=O)N[C@H](C)CN(C(=O)C1CCOCC1)CC(=O)N[C@@H](C(C)C)c1nc(cs1)C(=O)N[C@@H]2C(C)C. The molecule has 3 N–H and O–H groups in total. The molecule has 41 heavy (non-hydrogen) atoms. The summed E-state index contributed by atoms with van der Waals surface area (Å²) in [6, 6.07) is -1.54. The minimum Gasteiger partial charge on any atom is -0.443 e. The van der Waals surface area contributed by atoms with Crippen molar-refractivity contribution in [1.29, 1.82) is 0 Å². The van der Waals surface area contributed by atoms with Crippen LogP contribution in [0.4, 0.5) is 0 Å². The summed E-state index contributed by atoms with van der Waals surface area (Å²) in [4.78, 5) is 63.8. The maximum atomic E-state index is 13.6. The standard InChI is InChI=1S/C28H40N6O6S/c1-14(2)21-26-33-23(17(6)40-26)25(37)29-16(5)11-34(28(38)18-7-9-39-10-8-18)12-20(35)31-22(15(3)4)27-30-19(13-41-27)24(36)32-21/h13-16,18,21-22H,7-12H2,1-6H3,(H,29,37)(H,31,35)(H,32,36)/t16-,21-,22+/m1/s1. The summed E-state index contributed by atoms with van der Waals surface area (Å²) in [5.74, 6) is -1.21. The van der Waals surface area contributed by atoms with Crippen molar-refractivity contribution < 1.29 is 28.3 Å². The van der Waals surface area contributed by atoms with Crippen molar-refractivity contribution in [2.24, 2.45) is 17.8 Å². The fraction of sp³-hybridized carbons (Fsp3) is 0.643. The molecule has 4 rings (SSSR count). The highest BCUT2D eigenvalue weighted by atomic mass is 32.1. The average Bonchev–Trinajstić information content (AvgIpc) is 3.56. The van der Waals surface area contributed by atoms with Gasteiger partial charge < -0.3 is 30.0 Å². The summed E-state index contributed by atoms with van der Waals surface area (Å²) in [6.45, 7) is 12.1. The van der Waals surface area contributed by atoms with Gasteiger partial charge in [0, 0.05) is 37.1 Å². The Hall–Kier alpha value is -3.32. The molecule has 2 aromatic heterocycles. The third-order valence-corrected chi connectivity index (χ3v) is 8.27. The molecular formula is C28H40N6O6S. The number of aryl methyl sites for hydroxylation is 1. The number of aromatic nitrogens is 2. The second-order valence-electron chi connectivity index (χ2n) is 11.5. The number of oxazole rings is 1. The lowest BCUT2D eigenvalue weighted by atomic mass is 9.98. The zero-order chi connectivity index (χ0) is 29.8. The second kappa shape index (κ2) is 13.1. The van der Waals surface area contributed by atoms with Gasteiger partial charge in [-0.15, -0.1) is 11.3 Å². The number of carbonyl (C=O) groups excluding carboxylic acids is 4. The summed E-state index contributed by atoms with van der Waals surface area (Å²) >= 11 is 1.29. The molecule has 224 valence electrons. The Labute approximate surface area is 244 Å². The van der Waals surface area contributed by atoms with E-state index in [1.54, 1.807) is 19.2 Å². The van der Waals surface area contributed by atoms with Crippen LogP contribution in [0.3, 0.4) is 0 Å². The van der Waals surface area contributed by atoms with E-state index in [1.807, 2.05) is 27.7 Å².